The highest BCUT2D eigenvalue weighted by Gasteiger charge is 2.25. The van der Waals surface area contributed by atoms with Crippen LogP contribution in [0.4, 0.5) is 23.0 Å². The fraction of sp³-hybridized carbons (Fsp3) is 0.500. The monoisotopic (exact) mass is 689 g/mol. The van der Waals surface area contributed by atoms with Gasteiger partial charge in [-0.05, 0) is 78.4 Å². The van der Waals surface area contributed by atoms with Crippen LogP contribution in [0.3, 0.4) is 0 Å². The van der Waals surface area contributed by atoms with Crippen LogP contribution in [0, 0.1) is 13.8 Å². The molecule has 1 aromatic carbocycles. The number of amides is 1. The maximum Gasteiger partial charge on any atom is 0.257 e. The predicted molar refractivity (Wildman–Crippen MR) is 194 cm³/mol. The summed E-state index contributed by atoms with van der Waals surface area (Å²) in [4.78, 5) is 25.3. The van der Waals surface area contributed by atoms with Crippen molar-refractivity contribution in [3.63, 3.8) is 0 Å². The summed E-state index contributed by atoms with van der Waals surface area (Å²) in [5.41, 5.74) is 6.62. The Morgan fingerprint density at radius 3 is 2.58 bits per heavy atom. The molecule has 0 spiro atoms. The van der Waals surface area contributed by atoms with Gasteiger partial charge in [0.1, 0.15) is 11.6 Å². The van der Waals surface area contributed by atoms with Crippen molar-refractivity contribution in [1.29, 1.82) is 0 Å². The van der Waals surface area contributed by atoms with E-state index in [1.165, 1.54) is 0 Å². The quantitative estimate of drug-likeness (QED) is 0.112. The number of nitrogens with one attached hydrogen (secondary N) is 3. The van der Waals surface area contributed by atoms with E-state index in [9.17, 15) is 4.79 Å². The SMILES string of the molecule is COCCOCCOCCn1nc(C)c(NC(=O)c2ccn3c2CCc2cnc(Nc4ccc(NCCCCN(C)C)cc4OC)nc2-3)c1C. The van der Waals surface area contributed by atoms with Gasteiger partial charge in [0.2, 0.25) is 5.95 Å². The molecule has 0 saturated heterocycles. The molecule has 270 valence electrons. The number of carbonyl (C=O) groups excluding carboxylic acids is 1. The highest BCUT2D eigenvalue weighted by Crippen LogP contribution is 2.32. The summed E-state index contributed by atoms with van der Waals surface area (Å²) < 4.78 is 25.6. The van der Waals surface area contributed by atoms with E-state index < -0.39 is 0 Å². The zero-order valence-electron chi connectivity index (χ0n) is 30.2. The van der Waals surface area contributed by atoms with Crippen LogP contribution in [0.5, 0.6) is 5.75 Å². The van der Waals surface area contributed by atoms with Gasteiger partial charge in [0.05, 0.1) is 75.0 Å². The highest BCUT2D eigenvalue weighted by atomic mass is 16.5. The van der Waals surface area contributed by atoms with Gasteiger partial charge in [0.15, 0.2) is 0 Å². The predicted octanol–water partition coefficient (Wildman–Crippen LogP) is 4.62. The molecule has 0 atom stereocenters. The van der Waals surface area contributed by atoms with Gasteiger partial charge in [0, 0.05) is 49.1 Å². The van der Waals surface area contributed by atoms with Crippen LogP contribution in [0.15, 0.2) is 36.7 Å². The molecule has 3 aromatic heterocycles. The molecular formula is C36H51N9O5. The molecule has 14 nitrogen and oxygen atoms in total. The van der Waals surface area contributed by atoms with Gasteiger partial charge >= 0.3 is 0 Å². The fourth-order valence-electron chi connectivity index (χ4n) is 5.92. The summed E-state index contributed by atoms with van der Waals surface area (Å²) in [6.07, 6.45) is 7.39. The molecule has 0 bridgehead atoms. The van der Waals surface area contributed by atoms with E-state index in [1.807, 2.05) is 59.8 Å². The third-order valence-electron chi connectivity index (χ3n) is 8.62. The van der Waals surface area contributed by atoms with Gasteiger partial charge in [-0.2, -0.15) is 10.1 Å². The zero-order valence-corrected chi connectivity index (χ0v) is 30.2. The summed E-state index contributed by atoms with van der Waals surface area (Å²) in [5.74, 6) is 1.71. The Morgan fingerprint density at radius 1 is 1.00 bits per heavy atom. The number of rotatable bonds is 20. The molecule has 3 N–H and O–H groups in total. The van der Waals surface area contributed by atoms with Crippen molar-refractivity contribution in [2.45, 2.75) is 46.1 Å². The fourth-order valence-corrected chi connectivity index (χ4v) is 5.92. The third-order valence-corrected chi connectivity index (χ3v) is 8.62. The summed E-state index contributed by atoms with van der Waals surface area (Å²) in [6.45, 7) is 8.98. The lowest BCUT2D eigenvalue weighted by Gasteiger charge is -2.20. The Labute approximate surface area is 294 Å². The molecule has 0 fully saturated rings. The summed E-state index contributed by atoms with van der Waals surface area (Å²) in [7, 11) is 7.48. The first kappa shape index (κ1) is 36.8. The molecule has 5 rings (SSSR count). The van der Waals surface area contributed by atoms with Crippen molar-refractivity contribution in [3.8, 4) is 11.6 Å². The number of aryl methyl sites for hydroxylation is 2. The van der Waals surface area contributed by atoms with E-state index in [0.717, 1.165) is 72.2 Å². The molecule has 1 aliphatic heterocycles. The lowest BCUT2D eigenvalue weighted by molar-refractivity contribution is 0.0224. The van der Waals surface area contributed by atoms with Crippen LogP contribution in [-0.2, 0) is 33.6 Å². The first-order valence-electron chi connectivity index (χ1n) is 17.2. The average molecular weight is 690 g/mol. The molecule has 50 heavy (non-hydrogen) atoms. The van der Waals surface area contributed by atoms with Crippen LogP contribution in [0.1, 0.15) is 45.8 Å². The van der Waals surface area contributed by atoms with Crippen LogP contribution in [0.25, 0.3) is 5.82 Å². The summed E-state index contributed by atoms with van der Waals surface area (Å²) in [5, 5.41) is 14.6. The number of hydrogen-bond acceptors (Lipinski definition) is 11. The van der Waals surface area contributed by atoms with Gasteiger partial charge in [0.25, 0.3) is 5.91 Å². The van der Waals surface area contributed by atoms with Crippen LogP contribution in [-0.4, -0.2) is 110 Å². The maximum absolute atomic E-state index is 13.6. The van der Waals surface area contributed by atoms with Crippen molar-refractivity contribution in [2.24, 2.45) is 0 Å². The van der Waals surface area contributed by atoms with Gasteiger partial charge in [-0.3, -0.25) is 9.48 Å². The van der Waals surface area contributed by atoms with Crippen molar-refractivity contribution in [3.05, 3.63) is 64.9 Å². The molecule has 4 heterocycles. The Morgan fingerprint density at radius 2 is 1.80 bits per heavy atom. The van der Waals surface area contributed by atoms with E-state index in [2.05, 4.69) is 45.0 Å². The Hall–Kier alpha value is -4.50. The van der Waals surface area contributed by atoms with Crippen molar-refractivity contribution in [2.75, 3.05) is 90.4 Å². The molecular weight excluding hydrogens is 638 g/mol. The van der Waals surface area contributed by atoms with E-state index in [-0.39, 0.29) is 5.91 Å². The topological polar surface area (TPSA) is 142 Å². The first-order valence-corrected chi connectivity index (χ1v) is 17.2. The van der Waals surface area contributed by atoms with Crippen LogP contribution >= 0.6 is 0 Å². The molecule has 14 heteroatoms. The smallest absolute Gasteiger partial charge is 0.257 e. The number of unbranched alkanes of at least 4 members (excludes halogenated alkanes) is 1. The van der Waals surface area contributed by atoms with Crippen molar-refractivity contribution >= 4 is 28.9 Å². The minimum absolute atomic E-state index is 0.180. The van der Waals surface area contributed by atoms with Crippen LogP contribution in [0.2, 0.25) is 0 Å². The standard InChI is InChI=1S/C36H51N9O5/c1-25-33(26(2)45(42-25)17-18-49-21-22-50-20-19-47-5)40-35(46)29-13-16-44-31(29)12-9-27-24-38-36(41-34(27)44)39-30-11-10-28(23-32(30)48-6)37-14-7-8-15-43(3)4/h10-11,13,16,23-24,37H,7-9,12,14-15,17-22H2,1-6H3,(H,40,46)(H,38,39,41). The van der Waals surface area contributed by atoms with Gasteiger partial charge < -0.3 is 44.4 Å². The minimum atomic E-state index is -0.180. The van der Waals surface area contributed by atoms with Gasteiger partial charge in [-0.25, -0.2) is 4.98 Å². The van der Waals surface area contributed by atoms with Crippen molar-refractivity contribution in [1.82, 2.24) is 29.2 Å². The first-order chi connectivity index (χ1) is 24.3. The molecule has 1 aliphatic rings. The maximum atomic E-state index is 13.6. The Kier molecular flexibility index (Phi) is 13.2. The average Bonchev–Trinajstić information content (AvgIpc) is 3.66. The molecule has 0 radical (unpaired) electrons. The highest BCUT2D eigenvalue weighted by molar-refractivity contribution is 6.06. The minimum Gasteiger partial charge on any atom is -0.494 e. The number of carbonyl (C=O) groups is 1. The Bertz CT molecular complexity index is 1720. The lowest BCUT2D eigenvalue weighted by atomic mass is 10.0. The number of hydrogen-bond donors (Lipinski definition) is 3. The van der Waals surface area contributed by atoms with E-state index in [1.54, 1.807) is 14.2 Å². The number of aromatic nitrogens is 5. The number of benzene rings is 1. The van der Waals surface area contributed by atoms with Gasteiger partial charge in [-0.1, -0.05) is 0 Å². The van der Waals surface area contributed by atoms with E-state index in [4.69, 9.17) is 23.9 Å². The number of nitrogens with zero attached hydrogens (tertiary/aromatic N) is 6. The van der Waals surface area contributed by atoms with E-state index >= 15 is 0 Å². The number of ether oxygens (including phenoxy) is 4. The lowest BCUT2D eigenvalue weighted by Crippen LogP contribution is -2.20. The van der Waals surface area contributed by atoms with Gasteiger partial charge in [-0.15, -0.1) is 0 Å². The zero-order chi connectivity index (χ0) is 35.5. The normalized spacial score (nSPS) is 12.1. The molecule has 0 unspecified atom stereocenters. The molecule has 0 saturated carbocycles. The molecule has 1 amide bonds. The Balaban J connectivity index is 1.21. The molecule has 0 aliphatic carbocycles. The second-order valence-electron chi connectivity index (χ2n) is 12.5. The number of anilines is 4. The third kappa shape index (κ3) is 9.38. The second kappa shape index (κ2) is 17.9. The molecule has 4 aromatic rings. The summed E-state index contributed by atoms with van der Waals surface area (Å²) in [6, 6.07) is 7.81. The second-order valence-corrected chi connectivity index (χ2v) is 12.5. The number of methoxy groups -OCH3 is 2. The largest absolute Gasteiger partial charge is 0.494 e. The van der Waals surface area contributed by atoms with Crippen LogP contribution < -0.4 is 20.7 Å². The van der Waals surface area contributed by atoms with E-state index in [0.29, 0.717) is 68.9 Å². The summed E-state index contributed by atoms with van der Waals surface area (Å²) >= 11 is 0. The van der Waals surface area contributed by atoms with Crippen molar-refractivity contribution < 1.29 is 23.7 Å². The number of fused-ring (bicyclic) bond motifs is 3.